The number of aliphatic hydroxyl groups is 1. The molecule has 0 radical (unpaired) electrons. The molecule has 1 aromatic carbocycles. The molecule has 0 amide bonds. The van der Waals surface area contributed by atoms with E-state index in [-0.39, 0.29) is 19.0 Å². The lowest BCUT2D eigenvalue weighted by atomic mass is 10.00. The summed E-state index contributed by atoms with van der Waals surface area (Å²) in [6, 6.07) is 7.90. The number of halogens is 2. The second-order valence-electron chi connectivity index (χ2n) is 6.91. The minimum atomic E-state index is -0.581. The van der Waals surface area contributed by atoms with Crippen molar-refractivity contribution >= 4 is 35.6 Å². The van der Waals surface area contributed by atoms with E-state index in [1.165, 1.54) is 0 Å². The van der Waals surface area contributed by atoms with Crippen molar-refractivity contribution in [3.63, 3.8) is 0 Å². The molecule has 1 aromatic rings. The number of benzene rings is 1. The summed E-state index contributed by atoms with van der Waals surface area (Å²) in [6.45, 7) is 6.17. The van der Waals surface area contributed by atoms with Gasteiger partial charge in [0.15, 0.2) is 0 Å². The van der Waals surface area contributed by atoms with Gasteiger partial charge in [0.1, 0.15) is 24.4 Å². The summed E-state index contributed by atoms with van der Waals surface area (Å²) >= 11 is 6.07. The Kier molecular flexibility index (Phi) is 8.61. The van der Waals surface area contributed by atoms with Gasteiger partial charge in [-0.2, -0.15) is 0 Å². The Morgan fingerprint density at radius 1 is 1.29 bits per heavy atom. The molecular formula is C21H26Cl2N2O3. The van der Waals surface area contributed by atoms with E-state index in [0.29, 0.717) is 24.3 Å². The van der Waals surface area contributed by atoms with Gasteiger partial charge in [-0.15, -0.1) is 12.4 Å². The Bertz CT molecular complexity index is 780. The molecule has 0 saturated carbocycles. The average Bonchev–Trinajstić information content (AvgIpc) is 2.68. The summed E-state index contributed by atoms with van der Waals surface area (Å²) < 4.78 is 5.73. The Labute approximate surface area is 177 Å². The zero-order chi connectivity index (χ0) is 19.2. The summed E-state index contributed by atoms with van der Waals surface area (Å²) in [5.74, 6) is 2.59. The highest BCUT2D eigenvalue weighted by molar-refractivity contribution is 6.30. The summed E-state index contributed by atoms with van der Waals surface area (Å²) in [7, 11) is 0. The number of hydrogen-bond acceptors (Lipinski definition) is 5. The normalized spacial score (nSPS) is 18.5. The molecule has 1 aliphatic carbocycles. The van der Waals surface area contributed by atoms with Gasteiger partial charge in [-0.25, -0.2) is 4.79 Å². The van der Waals surface area contributed by atoms with Crippen LogP contribution in [0.4, 0.5) is 5.69 Å². The van der Waals surface area contributed by atoms with Gasteiger partial charge in [0.25, 0.3) is 0 Å². The lowest BCUT2D eigenvalue weighted by molar-refractivity contribution is 0.0437. The molecule has 1 atom stereocenters. The van der Waals surface area contributed by atoms with Gasteiger partial charge in [0.2, 0.25) is 0 Å². The Morgan fingerprint density at radius 2 is 2.04 bits per heavy atom. The van der Waals surface area contributed by atoms with E-state index >= 15 is 0 Å². The van der Waals surface area contributed by atoms with Crippen molar-refractivity contribution in [1.82, 2.24) is 4.90 Å². The van der Waals surface area contributed by atoms with Gasteiger partial charge in [-0.1, -0.05) is 23.7 Å². The number of carbonyl (C=O) groups excluding carboxylic acids is 1. The van der Waals surface area contributed by atoms with Crippen LogP contribution >= 0.6 is 24.0 Å². The molecule has 1 saturated heterocycles. The summed E-state index contributed by atoms with van der Waals surface area (Å²) in [5, 5.41) is 11.1. The van der Waals surface area contributed by atoms with E-state index in [1.807, 2.05) is 43.2 Å². The molecular weight excluding hydrogens is 399 g/mol. The van der Waals surface area contributed by atoms with Gasteiger partial charge in [-0.3, -0.25) is 4.90 Å². The van der Waals surface area contributed by atoms with Crippen LogP contribution in [0.25, 0.3) is 0 Å². The van der Waals surface area contributed by atoms with Crippen LogP contribution in [0.1, 0.15) is 13.3 Å². The molecule has 1 unspecified atom stereocenters. The zero-order valence-electron chi connectivity index (χ0n) is 15.9. The van der Waals surface area contributed by atoms with E-state index < -0.39 is 6.10 Å². The van der Waals surface area contributed by atoms with Crippen molar-refractivity contribution in [3.8, 4) is 0 Å². The lowest BCUT2D eigenvalue weighted by Gasteiger charge is -2.37. The highest BCUT2D eigenvalue weighted by atomic mass is 35.5. The van der Waals surface area contributed by atoms with Crippen molar-refractivity contribution < 1.29 is 14.6 Å². The molecule has 28 heavy (non-hydrogen) atoms. The fourth-order valence-electron chi connectivity index (χ4n) is 3.38. The molecule has 1 fully saturated rings. The fraction of sp³-hybridized carbons (Fsp3) is 0.429. The third-order valence-corrected chi connectivity index (χ3v) is 5.22. The van der Waals surface area contributed by atoms with E-state index in [4.69, 9.17) is 16.3 Å². The molecule has 3 rings (SSSR count). The first-order valence-corrected chi connectivity index (χ1v) is 9.60. The number of allylic oxidation sites excluding steroid dienone is 4. The largest absolute Gasteiger partial charge is 0.491 e. The molecule has 5 nitrogen and oxygen atoms in total. The topological polar surface area (TPSA) is 53.0 Å². The predicted octanol–water partition coefficient (Wildman–Crippen LogP) is 3.25. The number of β-amino-alcohol motifs (C(OH)–C–C–N with tert-alkyl or cyclic N) is 1. The first-order chi connectivity index (χ1) is 13.1. The van der Waals surface area contributed by atoms with Gasteiger partial charge >= 0.3 is 0 Å². The van der Waals surface area contributed by atoms with Crippen LogP contribution in [0.2, 0.25) is 5.02 Å². The molecule has 7 heteroatoms. The monoisotopic (exact) mass is 424 g/mol. The number of ether oxygens (including phenoxy) is 1. The van der Waals surface area contributed by atoms with E-state index in [0.717, 1.165) is 42.5 Å². The van der Waals surface area contributed by atoms with Crippen LogP contribution in [0.3, 0.4) is 0 Å². The third kappa shape index (κ3) is 5.87. The average molecular weight is 425 g/mol. The summed E-state index contributed by atoms with van der Waals surface area (Å²) in [6.07, 6.45) is 3.74. The number of anilines is 1. The summed E-state index contributed by atoms with van der Waals surface area (Å²) in [4.78, 5) is 15.5. The maximum atomic E-state index is 10.9. The van der Waals surface area contributed by atoms with Crippen LogP contribution < -0.4 is 4.90 Å². The lowest BCUT2D eigenvalue weighted by Crippen LogP contribution is -2.49. The van der Waals surface area contributed by atoms with Crippen molar-refractivity contribution in [1.29, 1.82) is 0 Å². The van der Waals surface area contributed by atoms with E-state index in [9.17, 15) is 9.90 Å². The third-order valence-electron chi connectivity index (χ3n) is 4.98. The molecule has 0 spiro atoms. The SMILES string of the molecule is CC1=C(OCC(O)CN2CCN(c3cccc(Cl)c3)CC2)C=CCC1=C=O.Cl. The molecule has 152 valence electrons. The molecule has 0 bridgehead atoms. The van der Waals surface area contributed by atoms with E-state index in [2.05, 4.69) is 15.9 Å². The second-order valence-corrected chi connectivity index (χ2v) is 7.35. The van der Waals surface area contributed by atoms with Crippen LogP contribution in [0, 0.1) is 0 Å². The number of aliphatic hydroxyl groups excluding tert-OH is 1. The number of nitrogens with zero attached hydrogens (tertiary/aromatic N) is 2. The second kappa shape index (κ2) is 10.7. The number of piperazine rings is 1. The first-order valence-electron chi connectivity index (χ1n) is 9.22. The van der Waals surface area contributed by atoms with Crippen molar-refractivity contribution in [3.05, 3.63) is 58.3 Å². The summed E-state index contributed by atoms with van der Waals surface area (Å²) in [5.41, 5.74) is 2.55. The maximum absolute atomic E-state index is 10.9. The minimum Gasteiger partial charge on any atom is -0.491 e. The molecule has 1 aliphatic heterocycles. The number of hydrogen-bond donors (Lipinski definition) is 1. The van der Waals surface area contributed by atoms with E-state index in [1.54, 1.807) is 0 Å². The Balaban J connectivity index is 0.00000280. The zero-order valence-corrected chi connectivity index (χ0v) is 17.5. The molecule has 1 N–H and O–H groups in total. The van der Waals surface area contributed by atoms with Crippen molar-refractivity contribution in [2.45, 2.75) is 19.4 Å². The Hall–Kier alpha value is -1.75. The van der Waals surface area contributed by atoms with Crippen LogP contribution in [0.15, 0.2) is 53.3 Å². The highest BCUT2D eigenvalue weighted by Gasteiger charge is 2.20. The van der Waals surface area contributed by atoms with Crippen LogP contribution in [-0.4, -0.2) is 61.4 Å². The van der Waals surface area contributed by atoms with Crippen molar-refractivity contribution in [2.24, 2.45) is 0 Å². The smallest absolute Gasteiger partial charge is 0.128 e. The predicted molar refractivity (Wildman–Crippen MR) is 115 cm³/mol. The van der Waals surface area contributed by atoms with Crippen molar-refractivity contribution in [2.75, 3.05) is 44.2 Å². The standard InChI is InChI=1S/C21H25ClN2O3.ClH/c1-16-17(14-25)4-2-7-21(16)27-15-20(26)13-23-8-10-24(11-9-23)19-6-3-5-18(22)12-19;/h2-3,5-7,12,20,26H,4,8-11,13,15H2,1H3;1H. The quantitative estimate of drug-likeness (QED) is 0.710. The van der Waals surface area contributed by atoms with Gasteiger partial charge in [0, 0.05) is 61.0 Å². The highest BCUT2D eigenvalue weighted by Crippen LogP contribution is 2.23. The first kappa shape index (κ1) is 22.5. The molecule has 1 heterocycles. The number of rotatable bonds is 6. The van der Waals surface area contributed by atoms with Gasteiger partial charge in [-0.05, 0) is 31.2 Å². The fourth-order valence-corrected chi connectivity index (χ4v) is 3.57. The van der Waals surface area contributed by atoms with Gasteiger partial charge in [0.05, 0.1) is 0 Å². The maximum Gasteiger partial charge on any atom is 0.128 e. The van der Waals surface area contributed by atoms with Crippen LogP contribution in [0.5, 0.6) is 0 Å². The molecule has 2 aliphatic rings. The van der Waals surface area contributed by atoms with Gasteiger partial charge < -0.3 is 14.7 Å². The molecule has 0 aromatic heterocycles. The van der Waals surface area contributed by atoms with Crippen LogP contribution in [-0.2, 0) is 9.53 Å². The Morgan fingerprint density at radius 3 is 2.71 bits per heavy atom. The minimum absolute atomic E-state index is 0.